The first-order valence-electron chi connectivity index (χ1n) is 14.1. The highest BCUT2D eigenvalue weighted by Gasteiger charge is 2.33. The molecule has 1 unspecified atom stereocenters. The third-order valence-corrected chi connectivity index (χ3v) is 7.89. The number of fused-ring (bicyclic) bond motifs is 1. The van der Waals surface area contributed by atoms with E-state index in [0.29, 0.717) is 30.7 Å². The molecule has 2 saturated heterocycles. The molecule has 0 aliphatic carbocycles. The van der Waals surface area contributed by atoms with E-state index in [0.717, 1.165) is 42.6 Å². The zero-order valence-electron chi connectivity index (χ0n) is 23.9. The lowest BCUT2D eigenvalue weighted by molar-refractivity contribution is -0.130. The monoisotopic (exact) mass is 562 g/mol. The Bertz CT molecular complexity index is 1420. The largest absolute Gasteiger partial charge is 0.465 e. The lowest BCUT2D eigenvalue weighted by atomic mass is 9.96. The molecule has 2 aromatic heterocycles. The molecule has 4 heterocycles. The number of piperazine rings is 1. The molecule has 2 fully saturated rings. The van der Waals surface area contributed by atoms with Crippen molar-refractivity contribution in [3.8, 4) is 6.01 Å². The quantitative estimate of drug-likeness (QED) is 0.397. The summed E-state index contributed by atoms with van der Waals surface area (Å²) < 4.78 is 7.96. The summed E-state index contributed by atoms with van der Waals surface area (Å²) in [5.74, 6) is 0.479. The van der Waals surface area contributed by atoms with E-state index in [2.05, 4.69) is 42.8 Å². The van der Waals surface area contributed by atoms with Crippen LogP contribution in [-0.2, 0) is 11.3 Å². The van der Waals surface area contributed by atoms with E-state index >= 15 is 0 Å². The fourth-order valence-electron chi connectivity index (χ4n) is 5.50. The molecule has 0 saturated carbocycles. The highest BCUT2D eigenvalue weighted by Crippen LogP contribution is 2.30. The summed E-state index contributed by atoms with van der Waals surface area (Å²) in [4.78, 5) is 39.3. The average Bonchev–Trinajstić information content (AvgIpc) is 3.41. The van der Waals surface area contributed by atoms with Crippen molar-refractivity contribution in [2.45, 2.75) is 51.3 Å². The molecule has 2 aliphatic rings. The van der Waals surface area contributed by atoms with Crippen molar-refractivity contribution in [3.05, 3.63) is 59.8 Å². The zero-order valence-corrected chi connectivity index (χ0v) is 23.9. The molecule has 1 atom stereocenters. The summed E-state index contributed by atoms with van der Waals surface area (Å²) in [5, 5.41) is 17.6. The first-order valence-corrected chi connectivity index (χ1v) is 14.1. The molecule has 3 aromatic rings. The number of hydrogen-bond donors (Lipinski definition) is 2. The molecule has 5 rings (SSSR count). The Morgan fingerprint density at radius 2 is 1.93 bits per heavy atom. The number of ether oxygens (including phenoxy) is 1. The molecule has 2 aliphatic heterocycles. The Hall–Kier alpha value is -4.19. The van der Waals surface area contributed by atoms with Crippen molar-refractivity contribution in [2.75, 3.05) is 45.1 Å². The summed E-state index contributed by atoms with van der Waals surface area (Å²) in [5.41, 5.74) is 3.46. The molecule has 12 nitrogen and oxygen atoms in total. The van der Waals surface area contributed by atoms with Crippen LogP contribution in [0, 0.1) is 0 Å². The van der Waals surface area contributed by atoms with E-state index in [-0.39, 0.29) is 31.0 Å². The average molecular weight is 563 g/mol. The molecule has 41 heavy (non-hydrogen) atoms. The van der Waals surface area contributed by atoms with Gasteiger partial charge >= 0.3 is 12.1 Å². The highest BCUT2D eigenvalue weighted by atomic mass is 16.5. The van der Waals surface area contributed by atoms with Crippen LogP contribution in [0.4, 0.5) is 10.7 Å². The van der Waals surface area contributed by atoms with Gasteiger partial charge in [-0.15, -0.1) is 0 Å². The first-order chi connectivity index (χ1) is 19.7. The van der Waals surface area contributed by atoms with Gasteiger partial charge in [0.1, 0.15) is 6.10 Å². The van der Waals surface area contributed by atoms with Gasteiger partial charge in [-0.3, -0.25) is 4.79 Å². The van der Waals surface area contributed by atoms with Crippen LogP contribution in [0.1, 0.15) is 55.3 Å². The van der Waals surface area contributed by atoms with Crippen molar-refractivity contribution < 1.29 is 19.4 Å². The minimum absolute atomic E-state index is 0.0458. The second-order valence-corrected chi connectivity index (χ2v) is 11.0. The SMILES string of the molecule is C=CC(=O)N1CCN(C(=O)O)CC1c1ccccc1CNc1nc(OC2CCN(C)CC2)nc2c(C(C)C)cnn12. The van der Waals surface area contributed by atoms with Gasteiger partial charge < -0.3 is 29.9 Å². The minimum Gasteiger partial charge on any atom is -0.465 e. The normalized spacial score (nSPS) is 18.6. The second-order valence-electron chi connectivity index (χ2n) is 11.0. The topological polar surface area (TPSA) is 128 Å². The Morgan fingerprint density at radius 1 is 1.17 bits per heavy atom. The van der Waals surface area contributed by atoms with Gasteiger partial charge in [0.15, 0.2) is 5.65 Å². The molecule has 218 valence electrons. The second kappa shape index (κ2) is 12.1. The van der Waals surface area contributed by atoms with Gasteiger partial charge in [-0.2, -0.15) is 19.6 Å². The number of carboxylic acid groups (broad SMARTS) is 1. The molecule has 1 aromatic carbocycles. The van der Waals surface area contributed by atoms with E-state index in [1.807, 2.05) is 30.5 Å². The lowest BCUT2D eigenvalue weighted by Crippen LogP contribution is -2.51. The van der Waals surface area contributed by atoms with Crippen LogP contribution in [-0.4, -0.2) is 97.3 Å². The summed E-state index contributed by atoms with van der Waals surface area (Å²) >= 11 is 0. The molecule has 0 bridgehead atoms. The van der Waals surface area contributed by atoms with Gasteiger partial charge in [0.2, 0.25) is 11.9 Å². The summed E-state index contributed by atoms with van der Waals surface area (Å²) in [6.07, 6.45) is 3.95. The number of carbonyl (C=O) groups is 2. The Kier molecular flexibility index (Phi) is 8.39. The number of likely N-dealkylation sites (tertiary alicyclic amines) is 1. The molecule has 0 spiro atoms. The number of amides is 2. The van der Waals surface area contributed by atoms with Gasteiger partial charge in [0.05, 0.1) is 12.2 Å². The smallest absolute Gasteiger partial charge is 0.407 e. The van der Waals surface area contributed by atoms with E-state index in [1.54, 1.807) is 9.42 Å². The number of rotatable bonds is 8. The Morgan fingerprint density at radius 3 is 2.63 bits per heavy atom. The maximum Gasteiger partial charge on any atom is 0.407 e. The molecule has 0 radical (unpaired) electrons. The maximum atomic E-state index is 12.7. The first kappa shape index (κ1) is 28.3. The summed E-state index contributed by atoms with van der Waals surface area (Å²) in [6, 6.07) is 7.59. The molecule has 2 amide bonds. The predicted octanol–water partition coefficient (Wildman–Crippen LogP) is 3.38. The molecule has 12 heteroatoms. The van der Waals surface area contributed by atoms with E-state index < -0.39 is 12.1 Å². The van der Waals surface area contributed by atoms with Gasteiger partial charge in [-0.05, 0) is 43.0 Å². The van der Waals surface area contributed by atoms with Gasteiger partial charge in [0.25, 0.3) is 0 Å². The number of piperidine rings is 1. The van der Waals surface area contributed by atoms with Gasteiger partial charge in [0, 0.05) is 44.8 Å². The van der Waals surface area contributed by atoms with Crippen molar-refractivity contribution in [1.82, 2.24) is 34.3 Å². The number of aromatic nitrogens is 4. The van der Waals surface area contributed by atoms with Crippen molar-refractivity contribution in [2.24, 2.45) is 0 Å². The number of nitrogens with zero attached hydrogens (tertiary/aromatic N) is 7. The fourth-order valence-corrected chi connectivity index (χ4v) is 5.50. The highest BCUT2D eigenvalue weighted by molar-refractivity contribution is 5.87. The van der Waals surface area contributed by atoms with Crippen molar-refractivity contribution in [1.29, 1.82) is 0 Å². The van der Waals surface area contributed by atoms with Crippen LogP contribution in [0.15, 0.2) is 43.1 Å². The number of benzene rings is 1. The zero-order chi connectivity index (χ0) is 29.1. The number of carbonyl (C=O) groups excluding carboxylic acids is 1. The summed E-state index contributed by atoms with van der Waals surface area (Å²) in [7, 11) is 2.11. The van der Waals surface area contributed by atoms with Crippen LogP contribution in [0.3, 0.4) is 0 Å². The maximum absolute atomic E-state index is 12.7. The predicted molar refractivity (Wildman–Crippen MR) is 154 cm³/mol. The van der Waals surface area contributed by atoms with E-state index in [4.69, 9.17) is 14.7 Å². The standard InChI is InChI=1S/C29H38N8O4/c1-5-25(38)36-15-14-35(29(39)40)18-24(36)22-9-7-6-8-20(22)16-30-27-33-28(41-21-10-12-34(4)13-11-21)32-26-23(19(2)3)17-31-37(26)27/h5-9,17,19,21,24H,1,10-16,18H2,2-4H3,(H,39,40)(H,30,32,33). The van der Waals surface area contributed by atoms with E-state index in [1.165, 1.54) is 11.0 Å². The molecular weight excluding hydrogens is 524 g/mol. The fraction of sp³-hybridized carbons (Fsp3) is 0.483. The lowest BCUT2D eigenvalue weighted by Gasteiger charge is -2.40. The van der Waals surface area contributed by atoms with Crippen molar-refractivity contribution >= 4 is 23.6 Å². The van der Waals surface area contributed by atoms with Crippen LogP contribution in [0.25, 0.3) is 5.65 Å². The minimum atomic E-state index is -1.00. The van der Waals surface area contributed by atoms with Crippen molar-refractivity contribution in [3.63, 3.8) is 0 Å². The number of anilines is 1. The van der Waals surface area contributed by atoms with Crippen LogP contribution < -0.4 is 10.1 Å². The number of nitrogens with one attached hydrogen (secondary N) is 1. The van der Waals surface area contributed by atoms with Gasteiger partial charge in [-0.1, -0.05) is 44.7 Å². The molecule has 2 N–H and O–H groups in total. The van der Waals surface area contributed by atoms with Crippen LogP contribution in [0.5, 0.6) is 6.01 Å². The van der Waals surface area contributed by atoms with Crippen LogP contribution >= 0.6 is 0 Å². The summed E-state index contributed by atoms with van der Waals surface area (Å²) in [6.45, 7) is 10.8. The Balaban J connectivity index is 1.44. The van der Waals surface area contributed by atoms with E-state index in [9.17, 15) is 14.7 Å². The third-order valence-electron chi connectivity index (χ3n) is 7.89. The molecular formula is C29H38N8O4. The number of hydrogen-bond acceptors (Lipinski definition) is 8. The Labute approximate surface area is 239 Å². The van der Waals surface area contributed by atoms with Gasteiger partial charge in [-0.25, -0.2) is 4.79 Å². The third kappa shape index (κ3) is 6.12. The van der Waals surface area contributed by atoms with Crippen LogP contribution in [0.2, 0.25) is 0 Å².